The van der Waals surface area contributed by atoms with E-state index in [1.807, 2.05) is 6.92 Å². The van der Waals surface area contributed by atoms with E-state index in [0.717, 1.165) is 12.8 Å². The van der Waals surface area contributed by atoms with Gasteiger partial charge in [0.25, 0.3) is 0 Å². The Balaban J connectivity index is 1.49. The number of aryl methyl sites for hydroxylation is 1. The Morgan fingerprint density at radius 2 is 2.11 bits per heavy atom. The zero-order chi connectivity index (χ0) is 19.2. The molecule has 1 N–H and O–H groups in total. The highest BCUT2D eigenvalue weighted by Gasteiger charge is 2.47. The molecule has 1 unspecified atom stereocenters. The SMILES string of the molecule is CCn1c(=O)oc2cc(NC(=O)N3CCCC4(CN(C)C(=O)O4)C3)ccc21. The van der Waals surface area contributed by atoms with Crippen molar-refractivity contribution in [3.8, 4) is 0 Å². The molecule has 0 saturated carbocycles. The smallest absolute Gasteiger partial charge is 0.419 e. The third kappa shape index (κ3) is 3.02. The van der Waals surface area contributed by atoms with Crippen LogP contribution in [0.25, 0.3) is 11.1 Å². The molecule has 27 heavy (non-hydrogen) atoms. The van der Waals surface area contributed by atoms with E-state index < -0.39 is 11.4 Å². The van der Waals surface area contributed by atoms with Crippen molar-refractivity contribution in [1.82, 2.24) is 14.4 Å². The lowest BCUT2D eigenvalue weighted by molar-refractivity contribution is 0.00497. The number of oxazole rings is 1. The Labute approximate surface area is 155 Å². The molecule has 4 rings (SSSR count). The zero-order valence-corrected chi connectivity index (χ0v) is 15.4. The van der Waals surface area contributed by atoms with Crippen molar-refractivity contribution in [3.63, 3.8) is 0 Å². The van der Waals surface area contributed by atoms with Crippen LogP contribution in [0.3, 0.4) is 0 Å². The summed E-state index contributed by atoms with van der Waals surface area (Å²) in [4.78, 5) is 39.4. The summed E-state index contributed by atoms with van der Waals surface area (Å²) in [6, 6.07) is 4.87. The molecule has 9 nitrogen and oxygen atoms in total. The fourth-order valence-electron chi connectivity index (χ4n) is 3.92. The highest BCUT2D eigenvalue weighted by atomic mass is 16.6. The second kappa shape index (κ2) is 6.33. The van der Waals surface area contributed by atoms with Crippen LogP contribution in [0.4, 0.5) is 15.3 Å². The number of rotatable bonds is 2. The van der Waals surface area contributed by atoms with Gasteiger partial charge in [-0.3, -0.25) is 4.57 Å². The second-order valence-corrected chi connectivity index (χ2v) is 7.16. The number of piperidine rings is 1. The number of ether oxygens (including phenoxy) is 1. The third-order valence-corrected chi connectivity index (χ3v) is 5.20. The number of fused-ring (bicyclic) bond motifs is 1. The van der Waals surface area contributed by atoms with E-state index >= 15 is 0 Å². The first kappa shape index (κ1) is 17.4. The lowest BCUT2D eigenvalue weighted by atomic mass is 9.93. The van der Waals surface area contributed by atoms with E-state index in [9.17, 15) is 14.4 Å². The highest BCUT2D eigenvalue weighted by Crippen LogP contribution is 2.31. The summed E-state index contributed by atoms with van der Waals surface area (Å²) in [6.45, 7) is 3.82. The van der Waals surface area contributed by atoms with Gasteiger partial charge in [-0.05, 0) is 31.9 Å². The van der Waals surface area contributed by atoms with Crippen LogP contribution in [0.2, 0.25) is 0 Å². The first-order chi connectivity index (χ1) is 12.9. The number of aromatic nitrogens is 1. The summed E-state index contributed by atoms with van der Waals surface area (Å²) >= 11 is 0. The number of hydrogen-bond donors (Lipinski definition) is 1. The molecular formula is C18H22N4O5. The average molecular weight is 374 g/mol. The summed E-state index contributed by atoms with van der Waals surface area (Å²) < 4.78 is 12.3. The van der Waals surface area contributed by atoms with E-state index in [1.54, 1.807) is 30.1 Å². The maximum absolute atomic E-state index is 12.7. The maximum Gasteiger partial charge on any atom is 0.419 e. The molecule has 3 heterocycles. The Morgan fingerprint density at radius 1 is 1.30 bits per heavy atom. The molecule has 3 amide bonds. The summed E-state index contributed by atoms with van der Waals surface area (Å²) in [5.74, 6) is -0.416. The summed E-state index contributed by atoms with van der Waals surface area (Å²) in [5.41, 5.74) is 1.04. The molecular weight excluding hydrogens is 352 g/mol. The number of amides is 3. The molecule has 2 fully saturated rings. The fraction of sp³-hybridized carbons (Fsp3) is 0.500. The molecule has 2 aliphatic heterocycles. The van der Waals surface area contributed by atoms with Crippen LogP contribution >= 0.6 is 0 Å². The quantitative estimate of drug-likeness (QED) is 0.868. The summed E-state index contributed by atoms with van der Waals surface area (Å²) in [7, 11) is 1.70. The third-order valence-electron chi connectivity index (χ3n) is 5.20. The van der Waals surface area contributed by atoms with Gasteiger partial charge in [0.1, 0.15) is 5.60 Å². The standard InChI is InChI=1S/C18H22N4O5/c1-3-22-13-6-5-12(9-14(13)26-17(22)25)19-15(23)21-8-4-7-18(11-21)10-20(2)16(24)27-18/h5-6,9H,3-4,7-8,10-11H2,1-2H3,(H,19,23). The van der Waals surface area contributed by atoms with Gasteiger partial charge in [0.15, 0.2) is 5.58 Å². The largest absolute Gasteiger partial charge is 0.439 e. The van der Waals surface area contributed by atoms with Crippen LogP contribution in [0.15, 0.2) is 27.4 Å². The molecule has 2 saturated heterocycles. The lowest BCUT2D eigenvalue weighted by Crippen LogP contribution is -2.53. The monoisotopic (exact) mass is 374 g/mol. The topological polar surface area (TPSA) is 97.0 Å². The van der Waals surface area contributed by atoms with E-state index in [-0.39, 0.29) is 12.1 Å². The number of carbonyl (C=O) groups excluding carboxylic acids is 2. The van der Waals surface area contributed by atoms with Gasteiger partial charge in [0.2, 0.25) is 0 Å². The molecule has 144 valence electrons. The number of urea groups is 1. The van der Waals surface area contributed by atoms with Crippen LogP contribution in [0.1, 0.15) is 19.8 Å². The van der Waals surface area contributed by atoms with Gasteiger partial charge in [-0.15, -0.1) is 0 Å². The van der Waals surface area contributed by atoms with Gasteiger partial charge in [-0.25, -0.2) is 14.4 Å². The Bertz CT molecular complexity index is 964. The molecule has 0 bridgehead atoms. The number of nitrogens with one attached hydrogen (secondary N) is 1. The molecule has 1 aromatic heterocycles. The van der Waals surface area contributed by atoms with Crippen molar-refractivity contribution in [2.24, 2.45) is 0 Å². The van der Waals surface area contributed by atoms with Gasteiger partial charge in [-0.1, -0.05) is 0 Å². The van der Waals surface area contributed by atoms with Crippen LogP contribution in [-0.2, 0) is 11.3 Å². The zero-order valence-electron chi connectivity index (χ0n) is 15.4. The number of carbonyl (C=O) groups is 2. The molecule has 9 heteroatoms. The molecule has 1 aromatic carbocycles. The highest BCUT2D eigenvalue weighted by molar-refractivity contribution is 5.91. The minimum absolute atomic E-state index is 0.267. The van der Waals surface area contributed by atoms with Crippen molar-refractivity contribution in [1.29, 1.82) is 0 Å². The normalized spacial score (nSPS) is 22.5. The predicted octanol–water partition coefficient (Wildman–Crippen LogP) is 2.06. The van der Waals surface area contributed by atoms with Crippen molar-refractivity contribution >= 4 is 28.9 Å². The summed E-state index contributed by atoms with van der Waals surface area (Å²) in [5, 5.41) is 2.84. The minimum Gasteiger partial charge on any atom is -0.439 e. The molecule has 1 spiro atoms. The van der Waals surface area contributed by atoms with E-state index in [4.69, 9.17) is 9.15 Å². The summed E-state index contributed by atoms with van der Waals surface area (Å²) in [6.07, 6.45) is 1.16. The Kier molecular flexibility index (Phi) is 4.09. The first-order valence-electron chi connectivity index (χ1n) is 9.04. The van der Waals surface area contributed by atoms with E-state index in [1.165, 1.54) is 9.47 Å². The lowest BCUT2D eigenvalue weighted by Gasteiger charge is -2.38. The average Bonchev–Trinajstić information content (AvgIpc) is 3.09. The van der Waals surface area contributed by atoms with Crippen LogP contribution in [0, 0.1) is 0 Å². The van der Waals surface area contributed by atoms with Crippen molar-refractivity contribution in [2.75, 3.05) is 32.0 Å². The van der Waals surface area contributed by atoms with Gasteiger partial charge in [-0.2, -0.15) is 0 Å². The van der Waals surface area contributed by atoms with E-state index in [0.29, 0.717) is 43.0 Å². The van der Waals surface area contributed by atoms with Gasteiger partial charge < -0.3 is 24.3 Å². The van der Waals surface area contributed by atoms with E-state index in [2.05, 4.69) is 5.32 Å². The number of benzene rings is 1. The molecule has 1 atom stereocenters. The second-order valence-electron chi connectivity index (χ2n) is 7.16. The fourth-order valence-corrected chi connectivity index (χ4v) is 3.92. The minimum atomic E-state index is -0.628. The molecule has 0 aliphatic carbocycles. The number of likely N-dealkylation sites (tertiary alicyclic amines) is 1. The van der Waals surface area contributed by atoms with Crippen LogP contribution in [0.5, 0.6) is 0 Å². The maximum atomic E-state index is 12.7. The van der Waals surface area contributed by atoms with Gasteiger partial charge in [0, 0.05) is 31.9 Å². The molecule has 2 aliphatic rings. The number of nitrogens with zero attached hydrogens (tertiary/aromatic N) is 3. The Hall–Kier alpha value is -2.97. The van der Waals surface area contributed by atoms with Gasteiger partial charge in [0.05, 0.1) is 18.6 Å². The number of anilines is 1. The Morgan fingerprint density at radius 3 is 2.81 bits per heavy atom. The predicted molar refractivity (Wildman–Crippen MR) is 97.8 cm³/mol. The molecule has 0 radical (unpaired) electrons. The van der Waals surface area contributed by atoms with Crippen LogP contribution in [-0.4, -0.2) is 58.8 Å². The number of hydrogen-bond acceptors (Lipinski definition) is 5. The van der Waals surface area contributed by atoms with Crippen molar-refractivity contribution < 1.29 is 18.7 Å². The molecule has 2 aromatic rings. The first-order valence-corrected chi connectivity index (χ1v) is 9.04. The van der Waals surface area contributed by atoms with Crippen LogP contribution < -0.4 is 11.1 Å². The van der Waals surface area contributed by atoms with Crippen molar-refractivity contribution in [3.05, 3.63) is 28.7 Å². The van der Waals surface area contributed by atoms with Gasteiger partial charge >= 0.3 is 17.9 Å². The van der Waals surface area contributed by atoms with Crippen molar-refractivity contribution in [2.45, 2.75) is 31.9 Å². The number of likely N-dealkylation sites (N-methyl/N-ethyl adjacent to an activating group) is 1.